The van der Waals surface area contributed by atoms with Gasteiger partial charge in [-0.2, -0.15) is 14.8 Å². The van der Waals surface area contributed by atoms with Crippen molar-refractivity contribution in [2.75, 3.05) is 38.6 Å². The Labute approximate surface area is 214 Å². The number of thiophene rings is 1. The molecule has 190 valence electrons. The van der Waals surface area contributed by atoms with Crippen molar-refractivity contribution in [1.82, 2.24) is 9.21 Å². The molecule has 0 saturated carbocycles. The van der Waals surface area contributed by atoms with Crippen LogP contribution in [-0.4, -0.2) is 62.8 Å². The Morgan fingerprint density at radius 2 is 1.81 bits per heavy atom. The van der Waals surface area contributed by atoms with E-state index in [-0.39, 0.29) is 36.4 Å². The average molecular weight is 530 g/mol. The van der Waals surface area contributed by atoms with Crippen molar-refractivity contribution in [3.63, 3.8) is 0 Å². The molecule has 2 aromatic rings. The van der Waals surface area contributed by atoms with Gasteiger partial charge in [0.15, 0.2) is 0 Å². The maximum Gasteiger partial charge on any atom is 0.341 e. The zero-order valence-electron chi connectivity index (χ0n) is 20.1. The van der Waals surface area contributed by atoms with Gasteiger partial charge in [-0.3, -0.25) is 9.69 Å². The van der Waals surface area contributed by atoms with E-state index in [4.69, 9.17) is 15.3 Å². The van der Waals surface area contributed by atoms with Gasteiger partial charge in [-0.1, -0.05) is 6.92 Å². The van der Waals surface area contributed by atoms with E-state index in [1.807, 2.05) is 12.1 Å². The summed E-state index contributed by atoms with van der Waals surface area (Å²) in [4.78, 5) is 28.7. The molecule has 0 fully saturated rings. The Bertz CT molecular complexity index is 1290. The SMILES string of the molecule is CCN1CCc2c(sc(NC(=O)c3ccc(S(=O)(=O)N(CCC#N)CCC#N)cc3)c2C(=O)OC)C1. The lowest BCUT2D eigenvalue weighted by molar-refractivity contribution is 0.0600. The molecule has 1 aliphatic rings. The van der Waals surface area contributed by atoms with Gasteiger partial charge in [-0.15, -0.1) is 11.3 Å². The number of nitrogens with one attached hydrogen (secondary N) is 1. The van der Waals surface area contributed by atoms with Gasteiger partial charge in [-0.25, -0.2) is 13.2 Å². The fourth-order valence-corrected chi connectivity index (χ4v) is 6.65. The maximum absolute atomic E-state index is 13.0. The van der Waals surface area contributed by atoms with Crippen LogP contribution in [0.5, 0.6) is 0 Å². The summed E-state index contributed by atoms with van der Waals surface area (Å²) in [6.07, 6.45) is 0.670. The summed E-state index contributed by atoms with van der Waals surface area (Å²) in [6.45, 7) is 4.39. The molecule has 1 N–H and O–H groups in total. The Hall–Kier alpha value is -3.29. The van der Waals surface area contributed by atoms with Gasteiger partial charge < -0.3 is 10.1 Å². The summed E-state index contributed by atoms with van der Waals surface area (Å²) >= 11 is 1.34. The molecule has 0 radical (unpaired) electrons. The second-order valence-electron chi connectivity index (χ2n) is 8.02. The van der Waals surface area contributed by atoms with Crippen molar-refractivity contribution in [3.05, 3.63) is 45.8 Å². The second-order valence-corrected chi connectivity index (χ2v) is 11.1. The van der Waals surface area contributed by atoms with Gasteiger partial charge in [-0.05, 0) is 42.8 Å². The van der Waals surface area contributed by atoms with Gasteiger partial charge in [0.1, 0.15) is 5.00 Å². The number of carbonyl (C=O) groups excluding carboxylic acids is 2. The molecule has 0 atom stereocenters. The summed E-state index contributed by atoms with van der Waals surface area (Å²) < 4.78 is 32.0. The van der Waals surface area contributed by atoms with Crippen LogP contribution in [0.15, 0.2) is 29.2 Å². The zero-order valence-corrected chi connectivity index (χ0v) is 21.7. The van der Waals surface area contributed by atoms with E-state index in [2.05, 4.69) is 17.1 Å². The zero-order chi connectivity index (χ0) is 26.3. The normalized spacial score (nSPS) is 13.5. The molecule has 0 spiro atoms. The molecular weight excluding hydrogens is 502 g/mol. The first-order chi connectivity index (χ1) is 17.3. The number of sulfonamides is 1. The minimum atomic E-state index is -3.94. The van der Waals surface area contributed by atoms with Gasteiger partial charge in [0, 0.05) is 49.5 Å². The predicted octanol–water partition coefficient (Wildman–Crippen LogP) is 2.98. The third kappa shape index (κ3) is 5.91. The van der Waals surface area contributed by atoms with Crippen LogP contribution in [0, 0.1) is 22.7 Å². The second kappa shape index (κ2) is 12.1. The largest absolute Gasteiger partial charge is 0.465 e. The number of amides is 1. The summed E-state index contributed by atoms with van der Waals surface area (Å²) in [5, 5.41) is 20.9. The number of benzene rings is 1. The molecule has 2 heterocycles. The fourth-order valence-electron chi connectivity index (χ4n) is 3.94. The fraction of sp³-hybridized carbons (Fsp3) is 0.417. The van der Waals surface area contributed by atoms with Crippen molar-refractivity contribution in [1.29, 1.82) is 10.5 Å². The summed E-state index contributed by atoms with van der Waals surface area (Å²) in [7, 11) is -2.64. The lowest BCUT2D eigenvalue weighted by atomic mass is 10.0. The molecule has 0 aliphatic carbocycles. The van der Waals surface area contributed by atoms with Crippen LogP contribution >= 0.6 is 11.3 Å². The highest BCUT2D eigenvalue weighted by Crippen LogP contribution is 2.37. The Morgan fingerprint density at radius 3 is 2.36 bits per heavy atom. The number of hydrogen-bond donors (Lipinski definition) is 1. The summed E-state index contributed by atoms with van der Waals surface area (Å²) in [5.41, 5.74) is 1.47. The maximum atomic E-state index is 13.0. The van der Waals surface area contributed by atoms with Crippen LogP contribution in [-0.2, 0) is 27.7 Å². The number of methoxy groups -OCH3 is 1. The molecule has 0 bridgehead atoms. The minimum Gasteiger partial charge on any atom is -0.465 e. The van der Waals surface area contributed by atoms with E-state index < -0.39 is 21.9 Å². The first-order valence-electron chi connectivity index (χ1n) is 11.4. The first-order valence-corrected chi connectivity index (χ1v) is 13.6. The number of fused-ring (bicyclic) bond motifs is 1. The van der Waals surface area contributed by atoms with Crippen LogP contribution in [0.4, 0.5) is 5.00 Å². The van der Waals surface area contributed by atoms with E-state index in [1.54, 1.807) is 0 Å². The molecule has 1 aromatic carbocycles. The lowest BCUT2D eigenvalue weighted by Crippen LogP contribution is -2.32. The highest BCUT2D eigenvalue weighted by Gasteiger charge is 2.29. The number of rotatable bonds is 10. The number of ether oxygens (including phenoxy) is 1. The Balaban J connectivity index is 1.83. The number of anilines is 1. The number of nitriles is 2. The minimum absolute atomic E-state index is 0.00547. The number of nitrogens with zero attached hydrogens (tertiary/aromatic N) is 4. The lowest BCUT2D eigenvalue weighted by Gasteiger charge is -2.25. The smallest absolute Gasteiger partial charge is 0.341 e. The van der Waals surface area contributed by atoms with Crippen molar-refractivity contribution in [3.8, 4) is 12.1 Å². The first kappa shape index (κ1) is 27.3. The Morgan fingerprint density at radius 1 is 1.17 bits per heavy atom. The van der Waals surface area contributed by atoms with Gasteiger partial charge >= 0.3 is 5.97 Å². The molecule has 12 heteroatoms. The van der Waals surface area contributed by atoms with E-state index in [0.717, 1.165) is 27.8 Å². The van der Waals surface area contributed by atoms with Crippen molar-refractivity contribution < 1.29 is 22.7 Å². The molecule has 0 unspecified atom stereocenters. The molecule has 10 nitrogen and oxygen atoms in total. The van der Waals surface area contributed by atoms with Gasteiger partial charge in [0.05, 0.1) is 29.7 Å². The number of likely N-dealkylation sites (N-methyl/N-ethyl adjacent to an activating group) is 1. The number of esters is 1. The molecular formula is C24H27N5O5S2. The predicted molar refractivity (Wildman–Crippen MR) is 134 cm³/mol. The number of hydrogen-bond acceptors (Lipinski definition) is 9. The standard InChI is InChI=1S/C24H27N5O5S2/c1-3-28-15-10-19-20(16-28)35-23(21(19)24(31)34-2)27-22(30)17-6-8-18(9-7-17)36(32,33)29(13-4-11-25)14-5-12-26/h6-9H,3-5,10,13-16H2,1-2H3,(H,27,30). The molecule has 1 aromatic heterocycles. The third-order valence-corrected chi connectivity index (χ3v) is 8.95. The van der Waals surface area contributed by atoms with Crippen LogP contribution < -0.4 is 5.32 Å². The van der Waals surface area contributed by atoms with E-state index in [1.165, 1.54) is 42.7 Å². The monoisotopic (exact) mass is 529 g/mol. The quantitative estimate of drug-likeness (QED) is 0.463. The highest BCUT2D eigenvalue weighted by atomic mass is 32.2. The number of carbonyl (C=O) groups is 2. The van der Waals surface area contributed by atoms with E-state index in [9.17, 15) is 18.0 Å². The Kier molecular flexibility index (Phi) is 9.18. The van der Waals surface area contributed by atoms with Crippen LogP contribution in [0.25, 0.3) is 0 Å². The van der Waals surface area contributed by atoms with Crippen LogP contribution in [0.1, 0.15) is 50.9 Å². The van der Waals surface area contributed by atoms with Crippen LogP contribution in [0.2, 0.25) is 0 Å². The third-order valence-electron chi connectivity index (χ3n) is 5.90. The van der Waals surface area contributed by atoms with Gasteiger partial charge in [0.25, 0.3) is 5.91 Å². The average Bonchev–Trinajstić information content (AvgIpc) is 3.24. The van der Waals surface area contributed by atoms with E-state index >= 15 is 0 Å². The topological polar surface area (TPSA) is 144 Å². The summed E-state index contributed by atoms with van der Waals surface area (Å²) in [5.74, 6) is -0.995. The molecule has 36 heavy (non-hydrogen) atoms. The van der Waals surface area contributed by atoms with E-state index in [0.29, 0.717) is 23.5 Å². The highest BCUT2D eigenvalue weighted by molar-refractivity contribution is 7.89. The van der Waals surface area contributed by atoms with Crippen molar-refractivity contribution >= 4 is 38.2 Å². The van der Waals surface area contributed by atoms with Crippen molar-refractivity contribution in [2.45, 2.75) is 37.6 Å². The molecule has 1 aliphatic heterocycles. The van der Waals surface area contributed by atoms with Crippen LogP contribution in [0.3, 0.4) is 0 Å². The summed E-state index contributed by atoms with van der Waals surface area (Å²) in [6, 6.07) is 9.22. The molecule has 1 amide bonds. The molecule has 3 rings (SSSR count). The van der Waals surface area contributed by atoms with Gasteiger partial charge in [0.2, 0.25) is 10.0 Å². The molecule has 0 saturated heterocycles. The van der Waals surface area contributed by atoms with Crippen molar-refractivity contribution in [2.24, 2.45) is 0 Å².